The van der Waals surface area contributed by atoms with Gasteiger partial charge in [0.2, 0.25) is 5.91 Å². The molecule has 0 aromatic carbocycles. The van der Waals surface area contributed by atoms with Crippen LogP contribution in [0.1, 0.15) is 33.6 Å². The zero-order valence-corrected chi connectivity index (χ0v) is 10.7. The second-order valence-corrected chi connectivity index (χ2v) is 5.32. The molecule has 0 saturated carbocycles. The molecule has 3 N–H and O–H groups in total. The Morgan fingerprint density at radius 3 is 2.53 bits per heavy atom. The van der Waals surface area contributed by atoms with E-state index in [9.17, 15) is 9.59 Å². The Kier molecular flexibility index (Phi) is 4.51. The molecule has 0 spiro atoms. The van der Waals surface area contributed by atoms with Crippen LogP contribution in [0.25, 0.3) is 0 Å². The van der Waals surface area contributed by atoms with E-state index in [2.05, 4.69) is 0 Å². The lowest BCUT2D eigenvalue weighted by Crippen LogP contribution is -2.50. The van der Waals surface area contributed by atoms with Gasteiger partial charge in [0.15, 0.2) is 0 Å². The maximum Gasteiger partial charge on any atom is 0.326 e. The number of aliphatic carboxylic acids is 1. The van der Waals surface area contributed by atoms with Crippen molar-refractivity contribution in [2.24, 2.45) is 17.6 Å². The van der Waals surface area contributed by atoms with Gasteiger partial charge in [-0.15, -0.1) is 0 Å². The van der Waals surface area contributed by atoms with Gasteiger partial charge >= 0.3 is 5.97 Å². The Morgan fingerprint density at radius 2 is 2.06 bits per heavy atom. The topological polar surface area (TPSA) is 83.6 Å². The predicted molar refractivity (Wildman–Crippen MR) is 64.3 cm³/mol. The van der Waals surface area contributed by atoms with Crippen molar-refractivity contribution < 1.29 is 14.7 Å². The number of carboxylic acid groups (broad SMARTS) is 1. The van der Waals surface area contributed by atoms with Crippen LogP contribution in [0.15, 0.2) is 0 Å². The first-order valence-corrected chi connectivity index (χ1v) is 6.13. The van der Waals surface area contributed by atoms with Crippen molar-refractivity contribution in [1.29, 1.82) is 0 Å². The number of hydrogen-bond donors (Lipinski definition) is 2. The smallest absolute Gasteiger partial charge is 0.326 e. The zero-order chi connectivity index (χ0) is 13.2. The molecule has 1 aliphatic rings. The summed E-state index contributed by atoms with van der Waals surface area (Å²) in [6, 6.07) is -1.29. The maximum absolute atomic E-state index is 12.1. The fraction of sp³-hybridized carbons (Fsp3) is 0.833. The normalized spacial score (nSPS) is 26.3. The monoisotopic (exact) mass is 242 g/mol. The minimum atomic E-state index is -0.930. The summed E-state index contributed by atoms with van der Waals surface area (Å²) in [6.07, 6.45) is 1.33. The summed E-state index contributed by atoms with van der Waals surface area (Å²) >= 11 is 0. The van der Waals surface area contributed by atoms with Crippen LogP contribution in [-0.2, 0) is 9.59 Å². The van der Waals surface area contributed by atoms with Crippen LogP contribution in [0.3, 0.4) is 0 Å². The van der Waals surface area contributed by atoms with Crippen molar-refractivity contribution in [2.75, 3.05) is 6.54 Å². The molecule has 5 heteroatoms. The quantitative estimate of drug-likeness (QED) is 0.759. The summed E-state index contributed by atoms with van der Waals surface area (Å²) in [5.74, 6) is -0.824. The molecule has 0 aliphatic carbocycles. The van der Waals surface area contributed by atoms with Crippen molar-refractivity contribution >= 4 is 11.9 Å². The summed E-state index contributed by atoms with van der Waals surface area (Å²) < 4.78 is 0. The second-order valence-electron chi connectivity index (χ2n) is 5.32. The number of amides is 1. The number of carbonyl (C=O) groups is 2. The van der Waals surface area contributed by atoms with E-state index in [1.54, 1.807) is 0 Å². The summed E-state index contributed by atoms with van der Waals surface area (Å²) in [7, 11) is 0. The average molecular weight is 242 g/mol. The molecule has 1 aliphatic heterocycles. The van der Waals surface area contributed by atoms with Crippen molar-refractivity contribution in [1.82, 2.24) is 4.90 Å². The van der Waals surface area contributed by atoms with Gasteiger partial charge in [-0.1, -0.05) is 20.8 Å². The van der Waals surface area contributed by atoms with E-state index in [0.717, 1.165) is 6.42 Å². The second kappa shape index (κ2) is 5.49. The molecule has 0 bridgehead atoms. The third-order valence-electron chi connectivity index (χ3n) is 3.28. The van der Waals surface area contributed by atoms with Crippen molar-refractivity contribution in [2.45, 2.75) is 45.7 Å². The van der Waals surface area contributed by atoms with Crippen LogP contribution in [0.2, 0.25) is 0 Å². The van der Waals surface area contributed by atoms with Crippen LogP contribution >= 0.6 is 0 Å². The molecule has 98 valence electrons. The number of hydrogen-bond acceptors (Lipinski definition) is 3. The first-order valence-electron chi connectivity index (χ1n) is 6.13. The SMILES string of the molecule is CC(C)CC(N)C(=O)N1CCC(C)C1C(=O)O. The molecule has 1 saturated heterocycles. The highest BCUT2D eigenvalue weighted by Crippen LogP contribution is 2.25. The molecule has 3 unspecified atom stereocenters. The number of carbonyl (C=O) groups excluding carboxylic acids is 1. The van der Waals surface area contributed by atoms with Crippen molar-refractivity contribution in [3.63, 3.8) is 0 Å². The Labute approximate surface area is 102 Å². The molecule has 0 aromatic heterocycles. The molecule has 0 radical (unpaired) electrons. The number of nitrogens with two attached hydrogens (primary N) is 1. The zero-order valence-electron chi connectivity index (χ0n) is 10.7. The number of rotatable bonds is 4. The summed E-state index contributed by atoms with van der Waals surface area (Å²) in [6.45, 7) is 6.35. The molecule has 0 aromatic rings. The van der Waals surface area contributed by atoms with Crippen molar-refractivity contribution in [3.8, 4) is 0 Å². The summed E-state index contributed by atoms with van der Waals surface area (Å²) in [5.41, 5.74) is 5.82. The highest BCUT2D eigenvalue weighted by molar-refractivity contribution is 5.87. The lowest BCUT2D eigenvalue weighted by atomic mass is 10.0. The van der Waals surface area contributed by atoms with E-state index < -0.39 is 18.1 Å². The van der Waals surface area contributed by atoms with Crippen LogP contribution < -0.4 is 5.73 Å². The first-order chi connectivity index (χ1) is 7.84. The van der Waals surface area contributed by atoms with Gasteiger partial charge < -0.3 is 15.7 Å². The Bertz CT molecular complexity index is 304. The third-order valence-corrected chi connectivity index (χ3v) is 3.28. The van der Waals surface area contributed by atoms with Gasteiger partial charge in [0.05, 0.1) is 6.04 Å². The van der Waals surface area contributed by atoms with Crippen LogP contribution in [-0.4, -0.2) is 40.5 Å². The van der Waals surface area contributed by atoms with Crippen LogP contribution in [0, 0.1) is 11.8 Å². The third kappa shape index (κ3) is 3.19. The van der Waals surface area contributed by atoms with E-state index in [-0.39, 0.29) is 11.8 Å². The van der Waals surface area contributed by atoms with Gasteiger partial charge in [0.25, 0.3) is 0 Å². The molecule has 1 rings (SSSR count). The molecule has 1 amide bonds. The van der Waals surface area contributed by atoms with Gasteiger partial charge in [0.1, 0.15) is 6.04 Å². The molecule has 1 heterocycles. The van der Waals surface area contributed by atoms with Gasteiger partial charge in [-0.3, -0.25) is 4.79 Å². The fourth-order valence-electron chi connectivity index (χ4n) is 2.39. The average Bonchev–Trinajstić information content (AvgIpc) is 2.57. The minimum Gasteiger partial charge on any atom is -0.480 e. The van der Waals surface area contributed by atoms with Crippen LogP contribution in [0.5, 0.6) is 0 Å². The molecule has 17 heavy (non-hydrogen) atoms. The van der Waals surface area contributed by atoms with E-state index in [1.165, 1.54) is 4.90 Å². The van der Waals surface area contributed by atoms with Gasteiger partial charge in [0, 0.05) is 6.54 Å². The minimum absolute atomic E-state index is 0.00250. The molecular formula is C12H22N2O3. The van der Waals surface area contributed by atoms with Crippen molar-refractivity contribution in [3.05, 3.63) is 0 Å². The Hall–Kier alpha value is -1.10. The maximum atomic E-state index is 12.1. The standard InChI is InChI=1S/C12H22N2O3/c1-7(2)6-9(13)11(15)14-5-4-8(3)10(14)12(16)17/h7-10H,4-6,13H2,1-3H3,(H,16,17). The summed E-state index contributed by atoms with van der Waals surface area (Å²) in [4.78, 5) is 24.6. The molecule has 1 fully saturated rings. The lowest BCUT2D eigenvalue weighted by Gasteiger charge is -2.26. The Balaban J connectivity index is 2.71. The van der Waals surface area contributed by atoms with E-state index >= 15 is 0 Å². The Morgan fingerprint density at radius 1 is 1.47 bits per heavy atom. The van der Waals surface area contributed by atoms with E-state index in [1.807, 2.05) is 20.8 Å². The number of carboxylic acids is 1. The van der Waals surface area contributed by atoms with Crippen LogP contribution in [0.4, 0.5) is 0 Å². The van der Waals surface area contributed by atoms with Gasteiger partial charge in [-0.05, 0) is 24.7 Å². The molecule has 5 nitrogen and oxygen atoms in total. The number of likely N-dealkylation sites (tertiary alicyclic amines) is 1. The van der Waals surface area contributed by atoms with E-state index in [0.29, 0.717) is 18.9 Å². The first kappa shape index (κ1) is 14.0. The van der Waals surface area contributed by atoms with Gasteiger partial charge in [-0.25, -0.2) is 4.79 Å². The highest BCUT2D eigenvalue weighted by atomic mass is 16.4. The fourth-order valence-corrected chi connectivity index (χ4v) is 2.39. The molecule has 3 atom stereocenters. The van der Waals surface area contributed by atoms with E-state index in [4.69, 9.17) is 10.8 Å². The lowest BCUT2D eigenvalue weighted by molar-refractivity contribution is -0.150. The summed E-state index contributed by atoms with van der Waals surface area (Å²) in [5, 5.41) is 9.13. The number of nitrogens with zero attached hydrogens (tertiary/aromatic N) is 1. The predicted octanol–water partition coefficient (Wildman–Crippen LogP) is 0.681. The molecular weight excluding hydrogens is 220 g/mol. The highest BCUT2D eigenvalue weighted by Gasteiger charge is 2.40. The largest absolute Gasteiger partial charge is 0.480 e. The van der Waals surface area contributed by atoms with Gasteiger partial charge in [-0.2, -0.15) is 0 Å².